The van der Waals surface area contributed by atoms with Crippen LogP contribution in [0.1, 0.15) is 12.0 Å². The number of rotatable bonds is 4. The number of sulfonamides is 1. The lowest BCUT2D eigenvalue weighted by Crippen LogP contribution is -2.31. The number of nitrogens with zero attached hydrogens (tertiary/aromatic N) is 2. The lowest BCUT2D eigenvalue weighted by atomic mass is 10.0. The Morgan fingerprint density at radius 3 is 2.60 bits per heavy atom. The topological polar surface area (TPSA) is 110 Å². The summed E-state index contributed by atoms with van der Waals surface area (Å²) in [6, 6.07) is 9.99. The number of anilines is 2. The lowest BCUT2D eigenvalue weighted by molar-refractivity contribution is -0.387. The molecule has 1 N–H and O–H groups in total. The Morgan fingerprint density at radius 2 is 1.88 bits per heavy atom. The van der Waals surface area contributed by atoms with Crippen LogP contribution in [0.3, 0.4) is 0 Å². The number of nitro groups is 1. The van der Waals surface area contributed by atoms with Gasteiger partial charge in [0.25, 0.3) is 15.7 Å². The van der Waals surface area contributed by atoms with Gasteiger partial charge in [-0.05, 0) is 36.2 Å². The molecule has 25 heavy (non-hydrogen) atoms. The number of carbonyl (C=O) groups excluding carboxylic acids is 1. The van der Waals surface area contributed by atoms with Gasteiger partial charge in [-0.15, -0.1) is 0 Å². The van der Waals surface area contributed by atoms with Crippen molar-refractivity contribution in [3.05, 3.63) is 58.1 Å². The molecule has 0 radical (unpaired) electrons. The van der Waals surface area contributed by atoms with Gasteiger partial charge >= 0.3 is 0 Å². The number of nitro benzene ring substituents is 1. The SMILES string of the molecule is CN1C(=O)CCc2cc(NS(=O)(=O)c3ccccc3[N+](=O)[O-])ccc21. The highest BCUT2D eigenvalue weighted by molar-refractivity contribution is 7.92. The first-order chi connectivity index (χ1) is 11.8. The predicted molar refractivity (Wildman–Crippen MR) is 92.1 cm³/mol. The number of hydrogen-bond donors (Lipinski definition) is 1. The van der Waals surface area contributed by atoms with Crippen molar-refractivity contribution in [1.82, 2.24) is 0 Å². The molecule has 1 aliphatic rings. The second-order valence-corrected chi connectivity index (χ2v) is 7.28. The maximum absolute atomic E-state index is 12.5. The number of hydrogen-bond acceptors (Lipinski definition) is 5. The Hall–Kier alpha value is -2.94. The van der Waals surface area contributed by atoms with E-state index in [4.69, 9.17) is 0 Å². The molecule has 0 aromatic heterocycles. The molecule has 0 saturated carbocycles. The van der Waals surface area contributed by atoms with E-state index in [-0.39, 0.29) is 5.91 Å². The molecule has 3 rings (SSSR count). The van der Waals surface area contributed by atoms with E-state index in [0.29, 0.717) is 18.5 Å². The minimum atomic E-state index is -4.11. The Kier molecular flexibility index (Phi) is 4.17. The van der Waals surface area contributed by atoms with Crippen LogP contribution < -0.4 is 9.62 Å². The largest absolute Gasteiger partial charge is 0.315 e. The van der Waals surface area contributed by atoms with Gasteiger partial charge in [0, 0.05) is 30.9 Å². The van der Waals surface area contributed by atoms with Gasteiger partial charge in [0.2, 0.25) is 5.91 Å². The fourth-order valence-electron chi connectivity index (χ4n) is 2.77. The molecule has 0 unspecified atom stereocenters. The number of fused-ring (bicyclic) bond motifs is 1. The Bertz CT molecular complexity index is 971. The van der Waals surface area contributed by atoms with Crippen molar-refractivity contribution in [2.24, 2.45) is 0 Å². The van der Waals surface area contributed by atoms with Crippen LogP contribution in [0.4, 0.5) is 17.1 Å². The molecular weight excluding hydrogens is 346 g/mol. The van der Waals surface area contributed by atoms with Crippen molar-refractivity contribution >= 4 is 33.0 Å². The quantitative estimate of drug-likeness (QED) is 0.664. The van der Waals surface area contributed by atoms with Crippen molar-refractivity contribution in [2.45, 2.75) is 17.7 Å². The van der Waals surface area contributed by atoms with Crippen LogP contribution in [0.25, 0.3) is 0 Å². The first-order valence-electron chi connectivity index (χ1n) is 7.45. The molecule has 0 bridgehead atoms. The van der Waals surface area contributed by atoms with E-state index in [1.165, 1.54) is 29.2 Å². The first-order valence-corrected chi connectivity index (χ1v) is 8.93. The van der Waals surface area contributed by atoms with E-state index < -0.39 is 25.5 Å². The highest BCUT2D eigenvalue weighted by atomic mass is 32.2. The average molecular weight is 361 g/mol. The van der Waals surface area contributed by atoms with Gasteiger partial charge in [0.1, 0.15) is 0 Å². The Balaban J connectivity index is 1.95. The third kappa shape index (κ3) is 3.18. The molecule has 1 amide bonds. The molecular formula is C16H15N3O5S. The second-order valence-electron chi connectivity index (χ2n) is 5.63. The number of carbonyl (C=O) groups is 1. The van der Waals surface area contributed by atoms with Crippen LogP contribution in [0.15, 0.2) is 47.4 Å². The van der Waals surface area contributed by atoms with E-state index in [1.807, 2.05) is 0 Å². The zero-order valence-electron chi connectivity index (χ0n) is 13.3. The van der Waals surface area contributed by atoms with Gasteiger partial charge in [-0.25, -0.2) is 8.42 Å². The molecule has 0 aliphatic carbocycles. The standard InChI is InChI=1S/C16H15N3O5S/c1-18-13-8-7-12(10-11(13)6-9-16(18)20)17-25(23,24)15-5-3-2-4-14(15)19(21)22/h2-5,7-8,10,17H,6,9H2,1H3. The molecule has 0 atom stereocenters. The molecule has 1 heterocycles. The van der Waals surface area contributed by atoms with E-state index in [1.54, 1.807) is 19.2 Å². The average Bonchev–Trinajstić information content (AvgIpc) is 2.58. The summed E-state index contributed by atoms with van der Waals surface area (Å²) in [4.78, 5) is 23.2. The summed E-state index contributed by atoms with van der Waals surface area (Å²) in [6.07, 6.45) is 0.865. The summed E-state index contributed by atoms with van der Waals surface area (Å²) in [7, 11) is -2.45. The third-order valence-electron chi connectivity index (χ3n) is 4.03. The fraction of sp³-hybridized carbons (Fsp3) is 0.188. The summed E-state index contributed by atoms with van der Waals surface area (Å²) < 4.78 is 27.4. The van der Waals surface area contributed by atoms with Crippen LogP contribution in [-0.2, 0) is 21.2 Å². The molecule has 1 aliphatic heterocycles. The molecule has 2 aromatic rings. The molecule has 0 saturated heterocycles. The minimum absolute atomic E-state index is 0.000686. The van der Waals surface area contributed by atoms with Crippen molar-refractivity contribution in [2.75, 3.05) is 16.7 Å². The van der Waals surface area contributed by atoms with E-state index >= 15 is 0 Å². The summed E-state index contributed by atoms with van der Waals surface area (Å²) in [5.74, 6) is 0.000686. The number of nitrogens with one attached hydrogen (secondary N) is 1. The number of aryl methyl sites for hydroxylation is 1. The highest BCUT2D eigenvalue weighted by Gasteiger charge is 2.26. The molecule has 8 nitrogen and oxygen atoms in total. The van der Waals surface area contributed by atoms with Crippen molar-refractivity contribution < 1.29 is 18.1 Å². The maximum Gasteiger partial charge on any atom is 0.289 e. The Labute approximate surface area is 144 Å². The van der Waals surface area contributed by atoms with Gasteiger partial charge in [0.15, 0.2) is 4.90 Å². The first kappa shape index (κ1) is 16.9. The number of amides is 1. The maximum atomic E-state index is 12.5. The van der Waals surface area contributed by atoms with Gasteiger partial charge in [-0.2, -0.15) is 0 Å². The van der Waals surface area contributed by atoms with Crippen LogP contribution in [0.5, 0.6) is 0 Å². The predicted octanol–water partition coefficient (Wildman–Crippen LogP) is 2.30. The van der Waals surface area contributed by atoms with Crippen molar-refractivity contribution in [1.29, 1.82) is 0 Å². The van der Waals surface area contributed by atoms with Crippen LogP contribution in [0, 0.1) is 10.1 Å². The lowest BCUT2D eigenvalue weighted by Gasteiger charge is -2.26. The normalized spacial score (nSPS) is 14.1. The van der Waals surface area contributed by atoms with Crippen LogP contribution in [0.2, 0.25) is 0 Å². The number of benzene rings is 2. The van der Waals surface area contributed by atoms with Gasteiger partial charge < -0.3 is 4.90 Å². The minimum Gasteiger partial charge on any atom is -0.315 e. The van der Waals surface area contributed by atoms with Crippen LogP contribution >= 0.6 is 0 Å². The molecule has 0 spiro atoms. The van der Waals surface area contributed by atoms with Gasteiger partial charge in [-0.1, -0.05) is 12.1 Å². The zero-order chi connectivity index (χ0) is 18.2. The molecule has 0 fully saturated rings. The summed E-state index contributed by atoms with van der Waals surface area (Å²) in [6.45, 7) is 0. The van der Waals surface area contributed by atoms with Gasteiger partial charge in [0.05, 0.1) is 4.92 Å². The summed E-state index contributed by atoms with van der Waals surface area (Å²) in [5.41, 5.74) is 1.37. The molecule has 9 heteroatoms. The molecule has 2 aromatic carbocycles. The van der Waals surface area contributed by atoms with E-state index in [2.05, 4.69) is 4.72 Å². The van der Waals surface area contributed by atoms with E-state index in [9.17, 15) is 23.3 Å². The Morgan fingerprint density at radius 1 is 1.16 bits per heavy atom. The van der Waals surface area contributed by atoms with Crippen LogP contribution in [-0.4, -0.2) is 26.3 Å². The smallest absolute Gasteiger partial charge is 0.289 e. The van der Waals surface area contributed by atoms with E-state index in [0.717, 1.165) is 17.3 Å². The molecule has 130 valence electrons. The van der Waals surface area contributed by atoms with Gasteiger partial charge in [-0.3, -0.25) is 19.6 Å². The second kappa shape index (κ2) is 6.17. The highest BCUT2D eigenvalue weighted by Crippen LogP contribution is 2.31. The third-order valence-corrected chi connectivity index (χ3v) is 5.46. The van der Waals surface area contributed by atoms with Crippen molar-refractivity contribution in [3.8, 4) is 0 Å². The summed E-state index contributed by atoms with van der Waals surface area (Å²) in [5, 5.41) is 11.1. The summed E-state index contributed by atoms with van der Waals surface area (Å²) >= 11 is 0. The zero-order valence-corrected chi connectivity index (χ0v) is 14.1. The van der Waals surface area contributed by atoms with Crippen molar-refractivity contribution in [3.63, 3.8) is 0 Å². The number of para-hydroxylation sites is 1. The fourth-order valence-corrected chi connectivity index (χ4v) is 3.99. The monoisotopic (exact) mass is 361 g/mol.